The first kappa shape index (κ1) is 24.0. The van der Waals surface area contributed by atoms with Crippen LogP contribution in [0.4, 0.5) is 26.3 Å². The summed E-state index contributed by atoms with van der Waals surface area (Å²) in [7, 11) is 0. The number of halogens is 6. The van der Waals surface area contributed by atoms with E-state index in [1.165, 1.54) is 42.5 Å². The zero-order chi connectivity index (χ0) is 24.2. The number of hydrogen-bond acceptors (Lipinski definition) is 3. The highest BCUT2D eigenvalue weighted by Crippen LogP contribution is 2.32. The molecule has 0 radical (unpaired) electrons. The van der Waals surface area contributed by atoms with Crippen LogP contribution in [0.15, 0.2) is 66.7 Å². The molecule has 0 aliphatic carbocycles. The van der Waals surface area contributed by atoms with Crippen molar-refractivity contribution in [3.8, 4) is 22.6 Å². The first-order valence-corrected chi connectivity index (χ1v) is 9.40. The highest BCUT2D eigenvalue weighted by atomic mass is 19.4. The Labute approximate surface area is 184 Å². The molecule has 0 bridgehead atoms. The number of carbonyl (C=O) groups is 1. The lowest BCUT2D eigenvalue weighted by Gasteiger charge is -2.13. The molecule has 33 heavy (non-hydrogen) atoms. The maximum absolute atomic E-state index is 12.8. The zero-order valence-corrected chi connectivity index (χ0v) is 16.7. The summed E-state index contributed by atoms with van der Waals surface area (Å²) in [5.74, 6) is -1.25. The van der Waals surface area contributed by atoms with Crippen molar-refractivity contribution in [2.24, 2.45) is 0 Å². The van der Waals surface area contributed by atoms with Gasteiger partial charge in [0.15, 0.2) is 0 Å². The number of benzene rings is 3. The number of ether oxygens (including phenoxy) is 2. The van der Waals surface area contributed by atoms with Crippen LogP contribution in [0, 0.1) is 0 Å². The fourth-order valence-corrected chi connectivity index (χ4v) is 2.99. The molecule has 0 spiro atoms. The fourth-order valence-electron chi connectivity index (χ4n) is 2.99. The van der Waals surface area contributed by atoms with Crippen LogP contribution in [0.25, 0.3) is 11.1 Å². The van der Waals surface area contributed by atoms with Gasteiger partial charge in [0.05, 0.1) is 12.0 Å². The highest BCUT2D eigenvalue weighted by molar-refractivity contribution is 5.73. The van der Waals surface area contributed by atoms with Crippen LogP contribution in [-0.2, 0) is 24.0 Å². The average molecular weight is 470 g/mol. The molecule has 0 aliphatic rings. The standard InChI is InChI=1S/C23H16F6O4/c24-22(25,26)18-5-3-16(4-6-18)17-9-15(11-21(30)31)10-20(12-17)32-13-14-1-7-19(8-2-14)33-23(27,28)29/h1-10,12H,11,13H2,(H,30,31). The summed E-state index contributed by atoms with van der Waals surface area (Å²) in [5.41, 5.74) is 0.940. The van der Waals surface area contributed by atoms with Gasteiger partial charge in [0.2, 0.25) is 0 Å². The van der Waals surface area contributed by atoms with E-state index in [9.17, 15) is 31.1 Å². The molecule has 0 atom stereocenters. The third-order valence-corrected chi connectivity index (χ3v) is 4.43. The topological polar surface area (TPSA) is 55.8 Å². The van der Waals surface area contributed by atoms with Gasteiger partial charge in [0, 0.05) is 0 Å². The second-order valence-electron chi connectivity index (χ2n) is 6.99. The van der Waals surface area contributed by atoms with Crippen LogP contribution < -0.4 is 9.47 Å². The Morgan fingerprint density at radius 3 is 1.94 bits per heavy atom. The predicted octanol–water partition coefficient (Wildman–Crippen LogP) is 6.48. The minimum absolute atomic E-state index is 0.0464. The van der Waals surface area contributed by atoms with E-state index in [0.717, 1.165) is 24.3 Å². The molecular formula is C23H16F6O4. The Kier molecular flexibility index (Phi) is 6.85. The van der Waals surface area contributed by atoms with Gasteiger partial charge in [-0.15, -0.1) is 13.2 Å². The molecule has 0 amide bonds. The van der Waals surface area contributed by atoms with Gasteiger partial charge >= 0.3 is 18.5 Å². The van der Waals surface area contributed by atoms with Gasteiger partial charge < -0.3 is 14.6 Å². The quantitative estimate of drug-likeness (QED) is 0.402. The second kappa shape index (κ2) is 9.43. The molecule has 3 aromatic rings. The lowest BCUT2D eigenvalue weighted by atomic mass is 10.00. The van der Waals surface area contributed by atoms with Crippen molar-refractivity contribution in [2.45, 2.75) is 25.6 Å². The molecular weight excluding hydrogens is 454 g/mol. The largest absolute Gasteiger partial charge is 0.573 e. The van der Waals surface area contributed by atoms with Gasteiger partial charge in [-0.25, -0.2) is 0 Å². The van der Waals surface area contributed by atoms with E-state index in [4.69, 9.17) is 9.84 Å². The predicted molar refractivity (Wildman–Crippen MR) is 106 cm³/mol. The van der Waals surface area contributed by atoms with Gasteiger partial charge in [0.1, 0.15) is 18.1 Å². The molecule has 0 unspecified atom stereocenters. The highest BCUT2D eigenvalue weighted by Gasteiger charge is 2.31. The maximum Gasteiger partial charge on any atom is 0.573 e. The van der Waals surface area contributed by atoms with Crippen LogP contribution in [0.2, 0.25) is 0 Å². The molecule has 4 nitrogen and oxygen atoms in total. The van der Waals surface area contributed by atoms with E-state index >= 15 is 0 Å². The van der Waals surface area contributed by atoms with E-state index in [1.807, 2.05) is 0 Å². The van der Waals surface area contributed by atoms with Crippen LogP contribution in [-0.4, -0.2) is 17.4 Å². The lowest BCUT2D eigenvalue weighted by molar-refractivity contribution is -0.274. The van der Waals surface area contributed by atoms with E-state index in [0.29, 0.717) is 22.3 Å². The summed E-state index contributed by atoms with van der Waals surface area (Å²) < 4.78 is 84.7. The van der Waals surface area contributed by atoms with Crippen LogP contribution in [0.1, 0.15) is 16.7 Å². The third-order valence-electron chi connectivity index (χ3n) is 4.43. The number of hydrogen-bond donors (Lipinski definition) is 1. The minimum atomic E-state index is -4.81. The second-order valence-corrected chi connectivity index (χ2v) is 6.99. The lowest BCUT2D eigenvalue weighted by Crippen LogP contribution is -2.17. The van der Waals surface area contributed by atoms with Crippen molar-refractivity contribution in [2.75, 3.05) is 0 Å². The summed E-state index contributed by atoms with van der Waals surface area (Å²) in [6, 6.07) is 13.9. The molecule has 0 aromatic heterocycles. The third kappa shape index (κ3) is 7.16. The van der Waals surface area contributed by atoms with E-state index in [2.05, 4.69) is 4.74 Å². The smallest absolute Gasteiger partial charge is 0.489 e. The normalized spacial score (nSPS) is 11.8. The Bertz CT molecular complexity index is 1100. The van der Waals surface area contributed by atoms with E-state index in [-0.39, 0.29) is 24.5 Å². The fraction of sp³-hybridized carbons (Fsp3) is 0.174. The van der Waals surface area contributed by atoms with Crippen molar-refractivity contribution < 1.29 is 45.7 Å². The molecule has 0 heterocycles. The molecule has 174 valence electrons. The number of aliphatic carboxylic acids is 1. The number of rotatable bonds is 7. The molecule has 0 saturated heterocycles. The summed E-state index contributed by atoms with van der Waals surface area (Å²) in [5, 5.41) is 9.10. The summed E-state index contributed by atoms with van der Waals surface area (Å²) >= 11 is 0. The monoisotopic (exact) mass is 470 g/mol. The number of carboxylic acids is 1. The Morgan fingerprint density at radius 2 is 1.39 bits per heavy atom. The van der Waals surface area contributed by atoms with Crippen LogP contribution in [0.5, 0.6) is 11.5 Å². The van der Waals surface area contributed by atoms with Gasteiger partial charge in [-0.1, -0.05) is 30.3 Å². The van der Waals surface area contributed by atoms with Crippen molar-refractivity contribution in [3.05, 3.63) is 83.4 Å². The number of carboxylic acid groups (broad SMARTS) is 1. The molecule has 10 heteroatoms. The van der Waals surface area contributed by atoms with Gasteiger partial charge in [-0.2, -0.15) is 13.2 Å². The molecule has 0 saturated carbocycles. The van der Waals surface area contributed by atoms with Gasteiger partial charge in [-0.3, -0.25) is 4.79 Å². The Hall–Kier alpha value is -3.69. The summed E-state index contributed by atoms with van der Waals surface area (Å²) in [4.78, 5) is 11.1. The first-order valence-electron chi connectivity index (χ1n) is 9.40. The summed E-state index contributed by atoms with van der Waals surface area (Å²) in [6.45, 7) is -0.0464. The van der Waals surface area contributed by atoms with Crippen molar-refractivity contribution in [1.82, 2.24) is 0 Å². The molecule has 3 aromatic carbocycles. The average Bonchev–Trinajstić information content (AvgIpc) is 2.71. The van der Waals surface area contributed by atoms with Gasteiger partial charge in [0.25, 0.3) is 0 Å². The molecule has 3 rings (SSSR count). The molecule has 1 N–H and O–H groups in total. The van der Waals surface area contributed by atoms with Gasteiger partial charge in [-0.05, 0) is 58.7 Å². The maximum atomic E-state index is 12.8. The Balaban J connectivity index is 1.81. The minimum Gasteiger partial charge on any atom is -0.489 e. The number of alkyl halides is 6. The van der Waals surface area contributed by atoms with Crippen molar-refractivity contribution in [3.63, 3.8) is 0 Å². The SMILES string of the molecule is O=C(O)Cc1cc(OCc2ccc(OC(F)(F)F)cc2)cc(-c2ccc(C(F)(F)F)cc2)c1. The molecule has 0 fully saturated rings. The van der Waals surface area contributed by atoms with E-state index in [1.54, 1.807) is 0 Å². The summed E-state index contributed by atoms with van der Waals surface area (Å²) in [6.07, 6.45) is -9.63. The van der Waals surface area contributed by atoms with Crippen molar-refractivity contribution >= 4 is 5.97 Å². The Morgan fingerprint density at radius 1 is 0.758 bits per heavy atom. The van der Waals surface area contributed by atoms with Crippen LogP contribution >= 0.6 is 0 Å². The van der Waals surface area contributed by atoms with Crippen LogP contribution in [0.3, 0.4) is 0 Å². The zero-order valence-electron chi connectivity index (χ0n) is 16.7. The van der Waals surface area contributed by atoms with E-state index < -0.39 is 24.1 Å². The first-order chi connectivity index (χ1) is 15.4. The molecule has 0 aliphatic heterocycles. The van der Waals surface area contributed by atoms with Crippen molar-refractivity contribution in [1.29, 1.82) is 0 Å².